The van der Waals surface area contributed by atoms with Gasteiger partial charge in [0.05, 0.1) is 14.2 Å². The molecule has 1 aromatic carbocycles. The first kappa shape index (κ1) is 25.0. The first-order valence-corrected chi connectivity index (χ1v) is 8.31. The quantitative estimate of drug-likeness (QED) is 0.577. The summed E-state index contributed by atoms with van der Waals surface area (Å²) in [5.74, 6) is 1.51. The van der Waals surface area contributed by atoms with E-state index in [0.29, 0.717) is 5.69 Å². The standard InChI is InChI=1S/C18H26N4O3.2ClH/c1-22(11-4-9-19-15-7-10-20-21-18(15)23)12-8-14-5-6-16(24-2)17(13-14)25-3;;/h5-7,10,13H,4,8-9,11-12H2,1-3H3,(H,19,20)(H,21,23);2*1H. The van der Waals surface area contributed by atoms with Gasteiger partial charge in [-0.25, -0.2) is 5.10 Å². The predicted octanol–water partition coefficient (Wildman–Crippen LogP) is 2.61. The molecule has 1 heterocycles. The van der Waals surface area contributed by atoms with Crippen LogP contribution < -0.4 is 20.3 Å². The number of anilines is 1. The van der Waals surface area contributed by atoms with Gasteiger partial charge in [-0.3, -0.25) is 4.79 Å². The fraction of sp³-hybridized carbons (Fsp3) is 0.444. The van der Waals surface area contributed by atoms with E-state index in [1.165, 1.54) is 5.56 Å². The minimum atomic E-state index is -0.190. The number of halogens is 2. The molecule has 7 nitrogen and oxygen atoms in total. The van der Waals surface area contributed by atoms with Crippen molar-refractivity contribution in [3.63, 3.8) is 0 Å². The smallest absolute Gasteiger partial charge is 0.287 e. The summed E-state index contributed by atoms with van der Waals surface area (Å²) in [4.78, 5) is 13.8. The monoisotopic (exact) mass is 418 g/mol. The van der Waals surface area contributed by atoms with Crippen molar-refractivity contribution < 1.29 is 9.47 Å². The van der Waals surface area contributed by atoms with Gasteiger partial charge in [0.2, 0.25) is 0 Å². The molecule has 2 aromatic rings. The molecule has 0 aliphatic rings. The number of rotatable bonds is 10. The van der Waals surface area contributed by atoms with E-state index >= 15 is 0 Å². The summed E-state index contributed by atoms with van der Waals surface area (Å²) in [5.41, 5.74) is 1.58. The van der Waals surface area contributed by atoms with Gasteiger partial charge in [0.15, 0.2) is 11.5 Å². The number of H-pyrrole nitrogens is 1. The number of hydrogen-bond acceptors (Lipinski definition) is 6. The van der Waals surface area contributed by atoms with E-state index in [4.69, 9.17) is 9.47 Å². The lowest BCUT2D eigenvalue weighted by Crippen LogP contribution is -2.25. The number of nitrogens with zero attached hydrogens (tertiary/aromatic N) is 2. The van der Waals surface area contributed by atoms with E-state index in [0.717, 1.165) is 44.0 Å². The molecule has 9 heteroatoms. The van der Waals surface area contributed by atoms with E-state index in [1.54, 1.807) is 26.5 Å². The number of hydrogen-bond donors (Lipinski definition) is 2. The fourth-order valence-electron chi connectivity index (χ4n) is 2.52. The highest BCUT2D eigenvalue weighted by Crippen LogP contribution is 2.27. The van der Waals surface area contributed by atoms with Crippen LogP contribution in [0.1, 0.15) is 12.0 Å². The summed E-state index contributed by atoms with van der Waals surface area (Å²) in [7, 11) is 5.38. The van der Waals surface area contributed by atoms with Crippen molar-refractivity contribution in [1.29, 1.82) is 0 Å². The Hall–Kier alpha value is -1.96. The number of nitrogens with one attached hydrogen (secondary N) is 2. The maximum absolute atomic E-state index is 11.5. The second-order valence-corrected chi connectivity index (χ2v) is 5.82. The van der Waals surface area contributed by atoms with Crippen LogP contribution >= 0.6 is 24.8 Å². The van der Waals surface area contributed by atoms with E-state index in [9.17, 15) is 4.79 Å². The lowest BCUT2D eigenvalue weighted by molar-refractivity contribution is 0.335. The summed E-state index contributed by atoms with van der Waals surface area (Å²) in [6.07, 6.45) is 3.46. The molecule has 0 fully saturated rings. The molecule has 0 radical (unpaired) electrons. The van der Waals surface area contributed by atoms with Crippen LogP contribution in [-0.2, 0) is 6.42 Å². The summed E-state index contributed by atoms with van der Waals surface area (Å²) in [6.45, 7) is 2.64. The molecule has 0 bridgehead atoms. The topological polar surface area (TPSA) is 79.5 Å². The van der Waals surface area contributed by atoms with Crippen LogP contribution in [0, 0.1) is 0 Å². The Bertz CT molecular complexity index is 728. The van der Waals surface area contributed by atoms with Gasteiger partial charge in [-0.15, -0.1) is 24.8 Å². The molecular weight excluding hydrogens is 391 g/mol. The van der Waals surface area contributed by atoms with E-state index in [-0.39, 0.29) is 30.4 Å². The van der Waals surface area contributed by atoms with Crippen molar-refractivity contribution in [2.45, 2.75) is 12.8 Å². The maximum atomic E-state index is 11.5. The summed E-state index contributed by atoms with van der Waals surface area (Å²) < 4.78 is 10.6. The summed E-state index contributed by atoms with van der Waals surface area (Å²) in [5, 5.41) is 9.21. The van der Waals surface area contributed by atoms with Crippen LogP contribution in [0.2, 0.25) is 0 Å². The molecule has 0 aliphatic carbocycles. The molecule has 152 valence electrons. The molecule has 2 N–H and O–H groups in total. The lowest BCUT2D eigenvalue weighted by Gasteiger charge is -2.17. The molecule has 0 aliphatic heterocycles. The predicted molar refractivity (Wildman–Crippen MR) is 113 cm³/mol. The highest BCUT2D eigenvalue weighted by atomic mass is 35.5. The van der Waals surface area contributed by atoms with Crippen LogP contribution in [-0.4, -0.2) is 56.0 Å². The van der Waals surface area contributed by atoms with Crippen molar-refractivity contribution in [2.75, 3.05) is 46.2 Å². The van der Waals surface area contributed by atoms with Crippen molar-refractivity contribution in [3.8, 4) is 11.5 Å². The summed E-state index contributed by atoms with van der Waals surface area (Å²) >= 11 is 0. The molecule has 0 saturated carbocycles. The zero-order chi connectivity index (χ0) is 18.1. The van der Waals surface area contributed by atoms with Crippen molar-refractivity contribution in [1.82, 2.24) is 15.1 Å². The molecule has 1 aromatic heterocycles. The lowest BCUT2D eigenvalue weighted by atomic mass is 10.1. The third kappa shape index (κ3) is 8.07. The van der Waals surface area contributed by atoms with Crippen molar-refractivity contribution in [3.05, 3.63) is 46.4 Å². The number of ether oxygens (including phenoxy) is 2. The zero-order valence-corrected chi connectivity index (χ0v) is 17.5. The molecule has 2 rings (SSSR count). The molecule has 0 atom stereocenters. The Morgan fingerprint density at radius 1 is 1.11 bits per heavy atom. The van der Waals surface area contributed by atoms with E-state index in [2.05, 4.69) is 33.5 Å². The van der Waals surface area contributed by atoms with Gasteiger partial charge in [-0.05, 0) is 50.2 Å². The van der Waals surface area contributed by atoms with Gasteiger partial charge < -0.3 is 19.7 Å². The third-order valence-electron chi connectivity index (χ3n) is 3.99. The van der Waals surface area contributed by atoms with Crippen LogP contribution in [0.3, 0.4) is 0 Å². The Morgan fingerprint density at radius 2 is 1.85 bits per heavy atom. The van der Waals surface area contributed by atoms with Crippen molar-refractivity contribution >= 4 is 30.5 Å². The van der Waals surface area contributed by atoms with Gasteiger partial charge in [0, 0.05) is 19.3 Å². The fourth-order valence-corrected chi connectivity index (χ4v) is 2.52. The average molecular weight is 419 g/mol. The van der Waals surface area contributed by atoms with Gasteiger partial charge in [0.25, 0.3) is 5.56 Å². The zero-order valence-electron chi connectivity index (χ0n) is 15.9. The molecule has 27 heavy (non-hydrogen) atoms. The van der Waals surface area contributed by atoms with E-state index in [1.807, 2.05) is 12.1 Å². The Balaban J connectivity index is 0.00000338. The average Bonchev–Trinajstić information content (AvgIpc) is 2.64. The second-order valence-electron chi connectivity index (χ2n) is 5.82. The number of aromatic amines is 1. The minimum Gasteiger partial charge on any atom is -0.493 e. The Kier molecular flexibility index (Phi) is 12.3. The highest BCUT2D eigenvalue weighted by Gasteiger charge is 2.06. The Labute approximate surface area is 172 Å². The summed E-state index contributed by atoms with van der Waals surface area (Å²) in [6, 6.07) is 7.69. The minimum absolute atomic E-state index is 0. The second kappa shape index (κ2) is 13.2. The first-order chi connectivity index (χ1) is 12.1. The molecule has 0 spiro atoms. The van der Waals surface area contributed by atoms with Crippen LogP contribution in [0.4, 0.5) is 5.69 Å². The first-order valence-electron chi connectivity index (χ1n) is 8.31. The largest absolute Gasteiger partial charge is 0.493 e. The van der Waals surface area contributed by atoms with Crippen LogP contribution in [0.25, 0.3) is 0 Å². The molecule has 0 unspecified atom stereocenters. The number of likely N-dealkylation sites (N-methyl/N-ethyl adjacent to an activating group) is 1. The van der Waals surface area contributed by atoms with Crippen LogP contribution in [0.15, 0.2) is 35.3 Å². The normalized spacial score (nSPS) is 9.93. The molecular formula is C18H28Cl2N4O3. The molecule has 0 saturated heterocycles. The van der Waals surface area contributed by atoms with Crippen molar-refractivity contribution in [2.24, 2.45) is 0 Å². The van der Waals surface area contributed by atoms with Gasteiger partial charge in [-0.1, -0.05) is 6.07 Å². The number of methoxy groups -OCH3 is 2. The number of benzene rings is 1. The van der Waals surface area contributed by atoms with E-state index < -0.39 is 0 Å². The van der Waals surface area contributed by atoms with Gasteiger partial charge in [-0.2, -0.15) is 5.10 Å². The number of aromatic nitrogens is 2. The third-order valence-corrected chi connectivity index (χ3v) is 3.99. The van der Waals surface area contributed by atoms with Crippen LogP contribution in [0.5, 0.6) is 11.5 Å². The Morgan fingerprint density at radius 3 is 2.52 bits per heavy atom. The van der Waals surface area contributed by atoms with Gasteiger partial charge in [0.1, 0.15) is 5.69 Å². The highest BCUT2D eigenvalue weighted by molar-refractivity contribution is 5.85. The molecule has 0 amide bonds. The SMILES string of the molecule is COc1ccc(CCN(C)CCCNc2ccn[nH]c2=O)cc1OC.Cl.Cl. The van der Waals surface area contributed by atoms with Gasteiger partial charge >= 0.3 is 0 Å². The maximum Gasteiger partial charge on any atom is 0.287 e.